The van der Waals surface area contributed by atoms with Crippen molar-refractivity contribution in [1.29, 1.82) is 0 Å². The van der Waals surface area contributed by atoms with Gasteiger partial charge in [0.1, 0.15) is 5.82 Å². The molecule has 0 atom stereocenters. The Morgan fingerprint density at radius 3 is 2.61 bits per heavy atom. The van der Waals surface area contributed by atoms with Gasteiger partial charge in [-0.3, -0.25) is 4.57 Å². The minimum absolute atomic E-state index is 0.197. The maximum absolute atomic E-state index is 15.3. The lowest BCUT2D eigenvalue weighted by Gasteiger charge is -2.19. The first kappa shape index (κ1) is 20.1. The van der Waals surface area contributed by atoms with Crippen LogP contribution in [-0.4, -0.2) is 25.2 Å². The predicted octanol–water partition coefficient (Wildman–Crippen LogP) is 5.43. The molecule has 6 rings (SSSR count). The van der Waals surface area contributed by atoms with Crippen molar-refractivity contribution >= 4 is 50.2 Å². The average molecular weight is 480 g/mol. The SMILES string of the molecule is O=C(O)c1cccc(C2(n3c(=O)n(-c4nc5ccccc5s4)c4cc(Cl)ccc43)CC2)c1F. The van der Waals surface area contributed by atoms with Crippen LogP contribution in [0.3, 0.4) is 0 Å². The van der Waals surface area contributed by atoms with Gasteiger partial charge in [-0.25, -0.2) is 23.5 Å². The van der Waals surface area contributed by atoms with Crippen LogP contribution in [0.15, 0.2) is 65.5 Å². The molecule has 1 aliphatic carbocycles. The van der Waals surface area contributed by atoms with E-state index in [1.54, 1.807) is 28.8 Å². The molecule has 2 aromatic heterocycles. The number of hydrogen-bond acceptors (Lipinski definition) is 4. The number of carbonyl (C=O) groups is 1. The van der Waals surface area contributed by atoms with Gasteiger partial charge in [-0.2, -0.15) is 0 Å². The summed E-state index contributed by atoms with van der Waals surface area (Å²) in [7, 11) is 0. The summed E-state index contributed by atoms with van der Waals surface area (Å²) in [5, 5.41) is 10.3. The van der Waals surface area contributed by atoms with E-state index in [0.29, 0.717) is 34.0 Å². The van der Waals surface area contributed by atoms with E-state index in [-0.39, 0.29) is 11.3 Å². The minimum Gasteiger partial charge on any atom is -0.478 e. The van der Waals surface area contributed by atoms with Crippen molar-refractivity contribution in [2.45, 2.75) is 18.4 Å². The molecule has 0 spiro atoms. The molecule has 2 heterocycles. The monoisotopic (exact) mass is 479 g/mol. The number of thiazole rings is 1. The van der Waals surface area contributed by atoms with Crippen molar-refractivity contribution in [2.75, 3.05) is 0 Å². The van der Waals surface area contributed by atoms with Crippen molar-refractivity contribution in [1.82, 2.24) is 14.1 Å². The van der Waals surface area contributed by atoms with Crippen molar-refractivity contribution in [3.05, 3.63) is 93.1 Å². The lowest BCUT2D eigenvalue weighted by Crippen LogP contribution is -2.33. The number of carboxylic acids is 1. The van der Waals surface area contributed by atoms with E-state index in [1.165, 1.54) is 28.0 Å². The summed E-state index contributed by atoms with van der Waals surface area (Å²) in [6.45, 7) is 0. The third kappa shape index (κ3) is 2.87. The second-order valence-electron chi connectivity index (χ2n) is 8.05. The highest BCUT2D eigenvalue weighted by Crippen LogP contribution is 2.51. The number of imidazole rings is 1. The summed E-state index contributed by atoms with van der Waals surface area (Å²) >= 11 is 7.66. The van der Waals surface area contributed by atoms with Crippen molar-refractivity contribution in [2.24, 2.45) is 0 Å². The molecule has 1 aliphatic rings. The highest BCUT2D eigenvalue weighted by molar-refractivity contribution is 7.20. The summed E-state index contributed by atoms with van der Waals surface area (Å²) in [6.07, 6.45) is 1.02. The van der Waals surface area contributed by atoms with Gasteiger partial charge in [0, 0.05) is 10.6 Å². The van der Waals surface area contributed by atoms with E-state index in [1.807, 2.05) is 24.3 Å². The van der Waals surface area contributed by atoms with Gasteiger partial charge in [0.2, 0.25) is 0 Å². The molecule has 0 radical (unpaired) electrons. The lowest BCUT2D eigenvalue weighted by atomic mass is 10.00. The first-order valence-corrected chi connectivity index (χ1v) is 11.4. The number of aromatic nitrogens is 3. The molecule has 0 amide bonds. The fraction of sp³-hybridized carbons (Fsp3) is 0.125. The molecule has 1 fully saturated rings. The molecular weight excluding hydrogens is 465 g/mol. The molecule has 0 aliphatic heterocycles. The quantitative estimate of drug-likeness (QED) is 0.373. The third-order valence-electron chi connectivity index (χ3n) is 6.16. The molecular formula is C24H15ClFN3O3S. The van der Waals surface area contributed by atoms with Crippen LogP contribution in [0.4, 0.5) is 4.39 Å². The number of hydrogen-bond donors (Lipinski definition) is 1. The molecule has 1 N–H and O–H groups in total. The first-order valence-electron chi connectivity index (χ1n) is 10.2. The minimum atomic E-state index is -1.35. The van der Waals surface area contributed by atoms with Gasteiger partial charge in [-0.05, 0) is 49.2 Å². The fourth-order valence-corrected chi connectivity index (χ4v) is 5.65. The van der Waals surface area contributed by atoms with Crippen LogP contribution in [0.2, 0.25) is 5.02 Å². The Hall–Kier alpha value is -3.49. The Bertz CT molecular complexity index is 1630. The zero-order valence-corrected chi connectivity index (χ0v) is 18.5. The molecule has 1 saturated carbocycles. The van der Waals surface area contributed by atoms with Crippen LogP contribution in [-0.2, 0) is 5.54 Å². The topological polar surface area (TPSA) is 77.1 Å². The first-order chi connectivity index (χ1) is 15.9. The van der Waals surface area contributed by atoms with E-state index < -0.39 is 22.9 Å². The highest BCUT2D eigenvalue weighted by Gasteiger charge is 2.51. The van der Waals surface area contributed by atoms with E-state index in [9.17, 15) is 14.7 Å². The Labute approximate surface area is 195 Å². The maximum atomic E-state index is 15.3. The Kier molecular flexibility index (Phi) is 4.27. The van der Waals surface area contributed by atoms with Gasteiger partial charge in [0.15, 0.2) is 5.13 Å². The number of aromatic carboxylic acids is 1. The number of carboxylic acid groups (broad SMARTS) is 1. The van der Waals surface area contributed by atoms with Crippen LogP contribution in [0, 0.1) is 5.82 Å². The smallest absolute Gasteiger partial charge is 0.338 e. The van der Waals surface area contributed by atoms with Gasteiger partial charge >= 0.3 is 11.7 Å². The molecule has 33 heavy (non-hydrogen) atoms. The predicted molar refractivity (Wildman–Crippen MR) is 125 cm³/mol. The van der Waals surface area contributed by atoms with Crippen LogP contribution in [0.1, 0.15) is 28.8 Å². The maximum Gasteiger partial charge on any atom is 0.338 e. The van der Waals surface area contributed by atoms with Crippen LogP contribution in [0.5, 0.6) is 0 Å². The third-order valence-corrected chi connectivity index (χ3v) is 7.41. The zero-order chi connectivity index (χ0) is 22.9. The number of fused-ring (bicyclic) bond motifs is 2. The van der Waals surface area contributed by atoms with E-state index in [0.717, 1.165) is 10.2 Å². The van der Waals surface area contributed by atoms with Gasteiger partial charge in [0.25, 0.3) is 0 Å². The molecule has 0 unspecified atom stereocenters. The number of halogens is 2. The van der Waals surface area contributed by atoms with Crippen LogP contribution >= 0.6 is 22.9 Å². The summed E-state index contributed by atoms with van der Waals surface area (Å²) in [4.78, 5) is 30.0. The highest BCUT2D eigenvalue weighted by atomic mass is 35.5. The van der Waals surface area contributed by atoms with Crippen LogP contribution in [0.25, 0.3) is 26.4 Å². The van der Waals surface area contributed by atoms with Crippen molar-refractivity contribution in [3.8, 4) is 5.13 Å². The van der Waals surface area contributed by atoms with Gasteiger partial charge in [0.05, 0.1) is 32.4 Å². The van der Waals surface area contributed by atoms with E-state index in [4.69, 9.17) is 11.6 Å². The molecule has 6 nitrogen and oxygen atoms in total. The molecule has 0 saturated heterocycles. The van der Waals surface area contributed by atoms with Gasteiger partial charge in [-0.1, -0.05) is 47.2 Å². The number of rotatable bonds is 4. The molecule has 9 heteroatoms. The lowest BCUT2D eigenvalue weighted by molar-refractivity contribution is 0.0691. The Morgan fingerprint density at radius 1 is 1.09 bits per heavy atom. The van der Waals surface area contributed by atoms with Crippen LogP contribution < -0.4 is 5.69 Å². The summed E-state index contributed by atoms with van der Waals surface area (Å²) < 4.78 is 19.3. The molecule has 0 bridgehead atoms. The summed E-state index contributed by atoms with van der Waals surface area (Å²) in [6, 6.07) is 17.0. The second-order valence-corrected chi connectivity index (χ2v) is 9.50. The Balaban J connectivity index is 1.66. The molecule has 3 aromatic carbocycles. The van der Waals surface area contributed by atoms with E-state index in [2.05, 4.69) is 4.98 Å². The Morgan fingerprint density at radius 2 is 1.88 bits per heavy atom. The number of nitrogens with zero attached hydrogens (tertiary/aromatic N) is 3. The molecule has 5 aromatic rings. The number of para-hydroxylation sites is 1. The van der Waals surface area contributed by atoms with Gasteiger partial charge in [-0.15, -0.1) is 0 Å². The van der Waals surface area contributed by atoms with Gasteiger partial charge < -0.3 is 5.11 Å². The largest absolute Gasteiger partial charge is 0.478 e. The normalized spacial score (nSPS) is 14.7. The average Bonchev–Trinajstić information content (AvgIpc) is 3.36. The van der Waals surface area contributed by atoms with Crippen molar-refractivity contribution in [3.63, 3.8) is 0 Å². The summed E-state index contributed by atoms with van der Waals surface area (Å²) in [5.41, 5.74) is 0.361. The number of benzene rings is 3. The van der Waals surface area contributed by atoms with E-state index >= 15 is 4.39 Å². The van der Waals surface area contributed by atoms with Crippen molar-refractivity contribution < 1.29 is 14.3 Å². The standard InChI is InChI=1S/C24H15ClFN3O3S/c25-13-8-9-17-18(12-13)28(22-27-16-6-1-2-7-19(16)33-22)23(32)29(17)24(10-11-24)15-5-3-4-14(20(15)26)21(30)31/h1-9,12H,10-11H2,(H,30,31). The fourth-order valence-electron chi connectivity index (χ4n) is 4.51. The summed E-state index contributed by atoms with van der Waals surface area (Å²) in [5.74, 6) is -2.16. The molecule has 164 valence electrons. The second kappa shape index (κ2) is 7.00. The zero-order valence-electron chi connectivity index (χ0n) is 17.0.